The van der Waals surface area contributed by atoms with Crippen molar-refractivity contribution in [3.8, 4) is 0 Å². The topological polar surface area (TPSA) is 46.5 Å². The third-order valence-corrected chi connectivity index (χ3v) is 4.13. The molecule has 0 bridgehead atoms. The highest BCUT2D eigenvalue weighted by Gasteiger charge is 1.99. The molecule has 0 unspecified atom stereocenters. The number of carbonyl (C=O) groups is 1. The van der Waals surface area contributed by atoms with Crippen molar-refractivity contribution in [2.24, 2.45) is 0 Å². The lowest BCUT2D eigenvalue weighted by atomic mass is 10.0. The zero-order chi connectivity index (χ0) is 18.2. The Kier molecular flexibility index (Phi) is 12.3. The second-order valence-electron chi connectivity index (χ2n) is 6.24. The lowest BCUT2D eigenvalue weighted by Gasteiger charge is -2.03. The quantitative estimate of drug-likeness (QED) is 0.300. The van der Waals surface area contributed by atoms with Crippen LogP contribution in [-0.4, -0.2) is 24.8 Å². The van der Waals surface area contributed by atoms with Crippen molar-refractivity contribution in [3.05, 3.63) is 53.6 Å². The van der Waals surface area contributed by atoms with Crippen LogP contribution in [-0.2, 0) is 9.53 Å². The minimum atomic E-state index is -0.106. The van der Waals surface area contributed by atoms with E-state index in [2.05, 4.69) is 35.1 Å². The van der Waals surface area contributed by atoms with Crippen molar-refractivity contribution < 1.29 is 14.6 Å². The fourth-order valence-corrected chi connectivity index (χ4v) is 2.68. The minimum absolute atomic E-state index is 0.106. The Hall–Kier alpha value is -1.87. The number of aliphatic hydroxyl groups excluding tert-OH is 1. The number of benzene rings is 1. The van der Waals surface area contributed by atoms with Gasteiger partial charge in [0.1, 0.15) is 0 Å². The lowest BCUT2D eigenvalue weighted by molar-refractivity contribution is -0.140. The van der Waals surface area contributed by atoms with E-state index in [4.69, 9.17) is 0 Å². The Morgan fingerprint density at radius 2 is 1.72 bits per heavy atom. The number of methoxy groups -OCH3 is 1. The van der Waals surface area contributed by atoms with Gasteiger partial charge in [-0.05, 0) is 37.7 Å². The molecular weight excluding hydrogens is 312 g/mol. The standard InChI is InChI=1S/C22H32O3/c1-25-22(24)16-12-7-5-3-2-4-6-9-15-21(17-18-23)19-20-13-10-8-11-14-20/h6,8-11,13-14,19,23H,2-5,7,12,15-18H2,1H3/b9-6+,21-19+. The summed E-state index contributed by atoms with van der Waals surface area (Å²) in [6.45, 7) is 0.193. The highest BCUT2D eigenvalue weighted by atomic mass is 16.5. The molecule has 138 valence electrons. The number of rotatable bonds is 13. The summed E-state index contributed by atoms with van der Waals surface area (Å²) < 4.78 is 4.63. The number of carbonyl (C=O) groups excluding carboxylic acids is 1. The molecule has 25 heavy (non-hydrogen) atoms. The third-order valence-electron chi connectivity index (χ3n) is 4.13. The van der Waals surface area contributed by atoms with Crippen molar-refractivity contribution >= 4 is 12.0 Å². The molecule has 0 atom stereocenters. The van der Waals surface area contributed by atoms with Gasteiger partial charge in [-0.2, -0.15) is 0 Å². The van der Waals surface area contributed by atoms with Crippen molar-refractivity contribution in [3.63, 3.8) is 0 Å². The van der Waals surface area contributed by atoms with E-state index in [0.717, 1.165) is 32.1 Å². The van der Waals surface area contributed by atoms with E-state index in [9.17, 15) is 9.90 Å². The summed E-state index contributed by atoms with van der Waals surface area (Å²) in [6.07, 6.45) is 15.5. The van der Waals surface area contributed by atoms with Crippen molar-refractivity contribution in [2.45, 2.75) is 57.8 Å². The van der Waals surface area contributed by atoms with Crippen LogP contribution in [0.15, 0.2) is 48.1 Å². The Morgan fingerprint density at radius 1 is 1.00 bits per heavy atom. The largest absolute Gasteiger partial charge is 0.469 e. The fourth-order valence-electron chi connectivity index (χ4n) is 2.68. The normalized spacial score (nSPS) is 11.8. The van der Waals surface area contributed by atoms with Crippen LogP contribution in [0.5, 0.6) is 0 Å². The molecule has 1 rings (SSSR count). The Labute approximate surface area is 152 Å². The van der Waals surface area contributed by atoms with Gasteiger partial charge in [0.25, 0.3) is 0 Å². The monoisotopic (exact) mass is 344 g/mol. The average molecular weight is 344 g/mol. The molecule has 0 saturated carbocycles. The van der Waals surface area contributed by atoms with Gasteiger partial charge < -0.3 is 9.84 Å². The van der Waals surface area contributed by atoms with Crippen LogP contribution in [0.2, 0.25) is 0 Å². The molecule has 0 aliphatic rings. The molecule has 0 aliphatic carbocycles. The predicted octanol–water partition coefficient (Wildman–Crippen LogP) is 5.30. The molecule has 0 fully saturated rings. The maximum Gasteiger partial charge on any atom is 0.305 e. The summed E-state index contributed by atoms with van der Waals surface area (Å²) in [5.41, 5.74) is 2.44. The Bertz CT molecular complexity index is 517. The molecule has 0 spiro atoms. The summed E-state index contributed by atoms with van der Waals surface area (Å²) in [6, 6.07) is 10.2. The van der Waals surface area contributed by atoms with Crippen LogP contribution in [0.3, 0.4) is 0 Å². The molecule has 0 radical (unpaired) electrons. The molecule has 1 aromatic carbocycles. The van der Waals surface area contributed by atoms with Crippen LogP contribution < -0.4 is 0 Å². The maximum atomic E-state index is 11.0. The Morgan fingerprint density at radius 3 is 2.44 bits per heavy atom. The van der Waals surface area contributed by atoms with E-state index in [1.54, 1.807) is 0 Å². The van der Waals surface area contributed by atoms with Crippen LogP contribution in [0.1, 0.15) is 63.4 Å². The number of unbranched alkanes of at least 4 members (excludes halogenated alkanes) is 5. The van der Waals surface area contributed by atoms with Gasteiger partial charge >= 0.3 is 5.97 Å². The highest BCUT2D eigenvalue weighted by molar-refractivity contribution is 5.68. The van der Waals surface area contributed by atoms with Crippen LogP contribution >= 0.6 is 0 Å². The van der Waals surface area contributed by atoms with E-state index < -0.39 is 0 Å². The molecule has 1 aromatic rings. The number of allylic oxidation sites excluding steroid dienone is 2. The van der Waals surface area contributed by atoms with E-state index in [-0.39, 0.29) is 12.6 Å². The first-order valence-corrected chi connectivity index (χ1v) is 9.33. The van der Waals surface area contributed by atoms with Gasteiger partial charge in [-0.3, -0.25) is 4.79 Å². The summed E-state index contributed by atoms with van der Waals surface area (Å²) in [5.74, 6) is -0.106. The third kappa shape index (κ3) is 11.3. The fraction of sp³-hybridized carbons (Fsp3) is 0.500. The van der Waals surface area contributed by atoms with E-state index in [0.29, 0.717) is 6.42 Å². The number of ether oxygens (including phenoxy) is 1. The van der Waals surface area contributed by atoms with E-state index >= 15 is 0 Å². The van der Waals surface area contributed by atoms with Crippen LogP contribution in [0.4, 0.5) is 0 Å². The molecule has 1 N–H and O–H groups in total. The van der Waals surface area contributed by atoms with Crippen molar-refractivity contribution in [2.75, 3.05) is 13.7 Å². The average Bonchev–Trinajstić information content (AvgIpc) is 2.64. The molecule has 0 heterocycles. The summed E-state index contributed by atoms with van der Waals surface area (Å²) in [5, 5.41) is 9.21. The van der Waals surface area contributed by atoms with E-state index in [1.807, 2.05) is 18.2 Å². The first kappa shape index (κ1) is 21.2. The molecule has 0 aliphatic heterocycles. The van der Waals surface area contributed by atoms with Gasteiger partial charge in [-0.1, -0.05) is 73.4 Å². The highest BCUT2D eigenvalue weighted by Crippen LogP contribution is 2.14. The van der Waals surface area contributed by atoms with E-state index in [1.165, 1.54) is 37.5 Å². The summed E-state index contributed by atoms with van der Waals surface area (Å²) in [4.78, 5) is 11.0. The molecule has 0 saturated heterocycles. The molecular formula is C22H32O3. The molecule has 0 aromatic heterocycles. The molecule has 3 nitrogen and oxygen atoms in total. The summed E-state index contributed by atoms with van der Waals surface area (Å²) in [7, 11) is 1.44. The van der Waals surface area contributed by atoms with Gasteiger partial charge in [0, 0.05) is 13.0 Å². The van der Waals surface area contributed by atoms with Crippen molar-refractivity contribution in [1.82, 2.24) is 0 Å². The van der Waals surface area contributed by atoms with Gasteiger partial charge in [-0.15, -0.1) is 0 Å². The minimum Gasteiger partial charge on any atom is -0.469 e. The number of hydrogen-bond acceptors (Lipinski definition) is 3. The Balaban J connectivity index is 2.16. The second kappa shape index (κ2) is 14.5. The second-order valence-corrected chi connectivity index (χ2v) is 6.24. The van der Waals surface area contributed by atoms with Crippen LogP contribution in [0.25, 0.3) is 6.08 Å². The predicted molar refractivity (Wildman–Crippen MR) is 104 cm³/mol. The molecule has 0 amide bonds. The lowest BCUT2D eigenvalue weighted by Crippen LogP contribution is -1.99. The number of aliphatic hydroxyl groups is 1. The zero-order valence-corrected chi connectivity index (χ0v) is 15.5. The summed E-state index contributed by atoms with van der Waals surface area (Å²) >= 11 is 0. The van der Waals surface area contributed by atoms with Crippen molar-refractivity contribution in [1.29, 1.82) is 0 Å². The molecule has 3 heteroatoms. The zero-order valence-electron chi connectivity index (χ0n) is 15.5. The van der Waals surface area contributed by atoms with Gasteiger partial charge in [0.2, 0.25) is 0 Å². The first-order valence-electron chi connectivity index (χ1n) is 9.33. The van der Waals surface area contributed by atoms with Gasteiger partial charge in [-0.25, -0.2) is 0 Å². The van der Waals surface area contributed by atoms with Crippen LogP contribution in [0, 0.1) is 0 Å². The number of hydrogen-bond donors (Lipinski definition) is 1. The van der Waals surface area contributed by atoms with Gasteiger partial charge in [0.05, 0.1) is 7.11 Å². The first-order chi connectivity index (χ1) is 12.3. The smallest absolute Gasteiger partial charge is 0.305 e. The SMILES string of the molecule is COC(=O)CCCCCCC/C=C/C/C(=C\c1ccccc1)CCO. The van der Waals surface area contributed by atoms with Gasteiger partial charge in [0.15, 0.2) is 0 Å². The number of esters is 1. The maximum absolute atomic E-state index is 11.0.